The number of nitrogens with zero attached hydrogens (tertiary/aromatic N) is 5. The minimum Gasteiger partial charge on any atom is -0.464 e. The van der Waals surface area contributed by atoms with Crippen LogP contribution in [-0.2, 0) is 57.8 Å². The van der Waals surface area contributed by atoms with Gasteiger partial charge < -0.3 is 41.4 Å². The fourth-order valence-electron chi connectivity index (χ4n) is 11.5. The monoisotopic (exact) mass is 1510 g/mol. The maximum absolute atomic E-state index is 14.4. The number of hydrogen-bond donors (Lipinski definition) is 8. The Hall–Kier alpha value is -9.62. The van der Waals surface area contributed by atoms with Crippen LogP contribution in [0.3, 0.4) is 0 Å². The summed E-state index contributed by atoms with van der Waals surface area (Å²) in [6.45, 7) is 19.3. The summed E-state index contributed by atoms with van der Waals surface area (Å²) in [5, 5.41) is 21.7. The molecule has 0 aliphatic carbocycles. The summed E-state index contributed by atoms with van der Waals surface area (Å²) in [4.78, 5) is 135. The molecule has 105 heavy (non-hydrogen) atoms. The molecular formula is C77H91N13O10S3Si2. The molecule has 0 spiro atoms. The molecule has 550 valence electrons. The van der Waals surface area contributed by atoms with Crippen LogP contribution in [0.15, 0.2) is 168 Å². The van der Waals surface area contributed by atoms with Crippen LogP contribution in [0.25, 0.3) is 21.6 Å². The molecule has 23 nitrogen and oxygen atoms in total. The van der Waals surface area contributed by atoms with Crippen LogP contribution in [0.4, 0.5) is 16.4 Å². The van der Waals surface area contributed by atoms with Crippen LogP contribution in [0.2, 0.25) is 51.4 Å². The van der Waals surface area contributed by atoms with Crippen molar-refractivity contribution < 1.29 is 43.0 Å². The highest BCUT2D eigenvalue weighted by molar-refractivity contribution is 8.14. The van der Waals surface area contributed by atoms with Crippen LogP contribution in [0.5, 0.6) is 0 Å². The molecule has 4 bridgehead atoms. The Morgan fingerprint density at radius 2 is 1.41 bits per heavy atom. The molecule has 0 saturated carbocycles. The predicted molar refractivity (Wildman–Crippen MR) is 422 cm³/mol. The highest BCUT2D eigenvalue weighted by Crippen LogP contribution is 2.49. The number of aliphatic imine (C=N–C) groups is 1. The molecule has 0 fully saturated rings. The number of rotatable bonds is 28. The normalized spacial score (nSPS) is 16.9. The number of carbonyl (C=O) groups is 7. The summed E-state index contributed by atoms with van der Waals surface area (Å²) >= 11 is 4.61. The molecule has 3 aromatic heterocycles. The van der Waals surface area contributed by atoms with Gasteiger partial charge in [-0.2, -0.15) is 4.98 Å². The predicted octanol–water partition coefficient (Wildman–Crippen LogP) is 12.0. The lowest BCUT2D eigenvalue weighted by molar-refractivity contribution is -0.145. The number of fused-ring (bicyclic) bond motifs is 5. The molecule has 8 N–H and O–H groups in total. The number of esters is 1. The molecule has 4 atom stereocenters. The zero-order chi connectivity index (χ0) is 74.9. The molecule has 0 radical (unpaired) electrons. The number of nitrogens with one attached hydrogen (secondary N) is 8. The van der Waals surface area contributed by atoms with Crippen LogP contribution in [0.1, 0.15) is 95.5 Å². The molecule has 8 aromatic rings. The van der Waals surface area contributed by atoms with Crippen molar-refractivity contribution in [3.05, 3.63) is 212 Å². The zero-order valence-corrected chi connectivity index (χ0v) is 65.0. The molecule has 2 aliphatic rings. The van der Waals surface area contributed by atoms with E-state index in [1.165, 1.54) is 29.3 Å². The Kier molecular flexibility index (Phi) is 26.3. The van der Waals surface area contributed by atoms with E-state index in [0.717, 1.165) is 38.7 Å². The van der Waals surface area contributed by atoms with Gasteiger partial charge in [-0.1, -0.05) is 181 Å². The van der Waals surface area contributed by atoms with Crippen molar-refractivity contribution in [2.75, 3.05) is 35.4 Å². The molecule has 2 unspecified atom stereocenters. The van der Waals surface area contributed by atoms with Crippen molar-refractivity contribution >= 4 is 120 Å². The number of aromatic nitrogens is 5. The van der Waals surface area contributed by atoms with E-state index in [-0.39, 0.29) is 92.5 Å². The van der Waals surface area contributed by atoms with Gasteiger partial charge in [-0.3, -0.25) is 44.1 Å². The van der Waals surface area contributed by atoms with Gasteiger partial charge in [0.15, 0.2) is 11.2 Å². The largest absolute Gasteiger partial charge is 0.464 e. The van der Waals surface area contributed by atoms with E-state index in [2.05, 4.69) is 169 Å². The van der Waals surface area contributed by atoms with Gasteiger partial charge in [0.1, 0.15) is 33.4 Å². The summed E-state index contributed by atoms with van der Waals surface area (Å²) in [6.07, 6.45) is 5.00. The third kappa shape index (κ3) is 21.5. The van der Waals surface area contributed by atoms with Crippen molar-refractivity contribution in [2.45, 2.75) is 146 Å². The minimum atomic E-state index is -1.60. The highest BCUT2D eigenvalue weighted by atomic mass is 32.2. The average Bonchev–Trinajstić information content (AvgIpc) is 1.60. The molecule has 10 rings (SSSR count). The van der Waals surface area contributed by atoms with Crippen LogP contribution in [0, 0.1) is 5.92 Å². The smallest absolute Gasteiger partial charge is 0.413 e. The fraction of sp³-hybridized carbons (Fsp3) is 0.364. The second-order valence-corrected chi connectivity index (χ2v) is 43.5. The van der Waals surface area contributed by atoms with Gasteiger partial charge in [0, 0.05) is 46.1 Å². The first-order chi connectivity index (χ1) is 50.2. The Labute approximate surface area is 626 Å². The van der Waals surface area contributed by atoms with Gasteiger partial charge in [0.2, 0.25) is 29.6 Å². The Bertz CT molecular complexity index is 4420. The van der Waals surface area contributed by atoms with Crippen molar-refractivity contribution in [2.24, 2.45) is 10.9 Å². The van der Waals surface area contributed by atoms with Gasteiger partial charge in [-0.05, 0) is 95.6 Å². The average molecular weight is 1510 g/mol. The molecule has 6 amide bonds. The second-order valence-electron chi connectivity index (χ2n) is 28.9. The molecule has 28 heteroatoms. The van der Waals surface area contributed by atoms with Crippen molar-refractivity contribution in [1.29, 1.82) is 0 Å². The van der Waals surface area contributed by atoms with Crippen LogP contribution in [-0.4, -0.2) is 136 Å². The van der Waals surface area contributed by atoms with Crippen LogP contribution < -0.4 is 42.8 Å². The van der Waals surface area contributed by atoms with Gasteiger partial charge in [0.05, 0.1) is 60.3 Å². The van der Waals surface area contributed by atoms with Crippen LogP contribution >= 0.6 is 34.9 Å². The quantitative estimate of drug-likeness (QED) is 0.00743. The number of carbonyl (C=O) groups excluding carboxylic acids is 7. The van der Waals surface area contributed by atoms with E-state index in [4.69, 9.17) is 19.5 Å². The zero-order valence-electron chi connectivity index (χ0n) is 60.6. The van der Waals surface area contributed by atoms with E-state index < -0.39 is 79.9 Å². The van der Waals surface area contributed by atoms with Gasteiger partial charge in [-0.15, -0.1) is 34.9 Å². The number of hydrogen-bond acceptors (Lipinski definition) is 19. The lowest BCUT2D eigenvalue weighted by Crippen LogP contribution is -2.56. The number of amides is 6. The van der Waals surface area contributed by atoms with Gasteiger partial charge in [-0.25, -0.2) is 24.5 Å². The summed E-state index contributed by atoms with van der Waals surface area (Å²) < 4.78 is 10.4. The third-order valence-corrected chi connectivity index (χ3v) is 24.9. The second kappa shape index (κ2) is 35.4. The maximum Gasteiger partial charge on any atom is 0.413 e. The Balaban J connectivity index is 0.764. The highest BCUT2D eigenvalue weighted by Gasteiger charge is 2.43. The molecule has 2 aliphatic heterocycles. The molecule has 5 heterocycles. The number of thiazole rings is 1. The first kappa shape index (κ1) is 78.0. The Morgan fingerprint density at radius 3 is 2.04 bits per heavy atom. The fourth-order valence-corrected chi connectivity index (χ4v) is 16.7. The number of ether oxygens (including phenoxy) is 2. The third-order valence-electron chi connectivity index (χ3n) is 17.6. The van der Waals surface area contributed by atoms with E-state index in [9.17, 15) is 38.4 Å². The first-order valence-electron chi connectivity index (χ1n) is 35.2. The van der Waals surface area contributed by atoms with E-state index >= 15 is 0 Å². The number of anilines is 2. The van der Waals surface area contributed by atoms with E-state index in [1.54, 1.807) is 31.2 Å². The number of thioether (sulfide) groups is 2. The summed E-state index contributed by atoms with van der Waals surface area (Å²) in [5.74, 6) is -2.09. The molecule has 5 aromatic carbocycles. The van der Waals surface area contributed by atoms with E-state index in [0.29, 0.717) is 51.1 Å². The van der Waals surface area contributed by atoms with E-state index in [1.807, 2.05) is 80.2 Å². The van der Waals surface area contributed by atoms with Gasteiger partial charge >= 0.3 is 12.1 Å². The number of aromatic amines is 1. The number of benzene rings is 5. The number of H-pyrrole nitrogens is 1. The van der Waals surface area contributed by atoms with Crippen molar-refractivity contribution in [3.63, 3.8) is 0 Å². The Morgan fingerprint density at radius 1 is 0.771 bits per heavy atom. The standard InChI is InChI=1S/C77H91N13O10S3Si2/c1-49(2)63-69(94)83-57(27-19-20-40-102-77(53-21-13-10-14-22-53,54-23-15-11-16-24-54)55-25-17-12-18-26-55)43-61(92)80-47-62-85-64(71-90-76(3,48-101-71)73(97)86-63)66(103-62)51-30-28-50(29-31-51)44-79-60(91)37-36-59(72(96)99-38-41-104(4,5)6)84-68(93)52-32-34-56(35-33-52)78-45-58-46-81-67-65(82-58)70(95)88-74(87-67)89-75(98)100-39-42-105(7,8)9/h10-19,21-35,46,49,57,59,63,78H,20,36-45,47-48H2,1-9H3,(H,79,91)(H,80,92)(H,83,94)(H,84,93)(H,86,97)(H2,81,87,88,89,95,98)/b27-19+/t57?,59-,63?,76-/m0/s1. The summed E-state index contributed by atoms with van der Waals surface area (Å²) in [7, 11) is -3.02. The summed E-state index contributed by atoms with van der Waals surface area (Å²) in [6, 6.07) is 44.3. The topological polar surface area (TPSA) is 319 Å². The minimum absolute atomic E-state index is 0.0279. The first-order valence-corrected chi connectivity index (χ1v) is 45.4. The number of allylic oxidation sites excluding steroid dienone is 1. The van der Waals surface area contributed by atoms with Crippen molar-refractivity contribution in [3.8, 4) is 10.4 Å². The molecular weight excluding hydrogens is 1420 g/mol. The lowest BCUT2D eigenvalue weighted by atomic mass is 9.84. The SMILES string of the molecule is CC(C)C1NC(=O)[C@]2(C)CSC(=N2)c2nc(sc2-c2ccc(CNC(=O)CC[C@H](NC(=O)c3ccc(NCc4cnc5nc(NC(=O)OCC[Si](C)(C)C)[nH]c(=O)c5n4)cc3)C(=O)OCC[Si](C)(C)C)cc2)CNC(=O)CC(/C=C/CCSC(c2ccccc2)(c2ccccc2)c2ccccc2)NC1=O. The molecule has 0 saturated heterocycles. The van der Waals surface area contributed by atoms with Crippen molar-refractivity contribution in [1.82, 2.24) is 51.5 Å². The van der Waals surface area contributed by atoms with Gasteiger partial charge in [0.25, 0.3) is 11.5 Å². The lowest BCUT2D eigenvalue weighted by Gasteiger charge is -2.35. The maximum atomic E-state index is 14.4. The summed E-state index contributed by atoms with van der Waals surface area (Å²) in [5.41, 5.74) is 5.03.